The Hall–Kier alpha value is -2.90. The van der Waals surface area contributed by atoms with E-state index in [4.69, 9.17) is 4.74 Å². The Labute approximate surface area is 230 Å². The summed E-state index contributed by atoms with van der Waals surface area (Å²) >= 11 is 0. The van der Waals surface area contributed by atoms with Crippen molar-refractivity contribution in [3.05, 3.63) is 53.1 Å². The second-order valence-electron chi connectivity index (χ2n) is 12.0. The van der Waals surface area contributed by atoms with Gasteiger partial charge in [0.25, 0.3) is 0 Å². The number of fused-ring (bicyclic) bond motifs is 5. The summed E-state index contributed by atoms with van der Waals surface area (Å²) in [7, 11) is 4.19. The molecular formula is C32H40FN3O3. The van der Waals surface area contributed by atoms with Crippen LogP contribution in [0.5, 0.6) is 5.75 Å². The van der Waals surface area contributed by atoms with Crippen LogP contribution in [-0.2, 0) is 13.1 Å². The number of benzene rings is 2. The molecule has 2 heterocycles. The van der Waals surface area contributed by atoms with Crippen molar-refractivity contribution in [2.45, 2.75) is 63.7 Å². The highest BCUT2D eigenvalue weighted by Crippen LogP contribution is 2.47. The molecule has 2 fully saturated rings. The molecule has 0 radical (unpaired) electrons. The fourth-order valence-corrected chi connectivity index (χ4v) is 6.43. The molecule has 7 heteroatoms. The van der Waals surface area contributed by atoms with E-state index in [1.54, 1.807) is 12.1 Å². The van der Waals surface area contributed by atoms with Crippen molar-refractivity contribution in [2.24, 2.45) is 5.92 Å². The molecule has 0 unspecified atom stereocenters. The van der Waals surface area contributed by atoms with Gasteiger partial charge in [0.15, 0.2) is 0 Å². The molecule has 0 amide bonds. The van der Waals surface area contributed by atoms with Gasteiger partial charge in [-0.2, -0.15) is 0 Å². The normalized spacial score (nSPS) is 21.8. The summed E-state index contributed by atoms with van der Waals surface area (Å²) < 4.78 is 24.1. The zero-order valence-corrected chi connectivity index (χ0v) is 23.2. The van der Waals surface area contributed by atoms with Crippen LogP contribution < -0.4 is 4.74 Å². The predicted octanol–water partition coefficient (Wildman–Crippen LogP) is 6.17. The number of alkyl halides is 1. The van der Waals surface area contributed by atoms with E-state index in [9.17, 15) is 9.90 Å². The van der Waals surface area contributed by atoms with Crippen molar-refractivity contribution >= 4 is 16.9 Å². The van der Waals surface area contributed by atoms with Gasteiger partial charge in [0.2, 0.25) is 0 Å². The standard InChI is InChI=1S/C32H40FN3O3/c1-34(2)13-14-35-15-16-36-29-18-22(32(37)38)9-11-27(29)30(26-5-3-4-6-28(26)33)31(36)25-12-10-24(17-23(25)19-35)39-20-21-7-8-21/h9-12,17-18,21,26,28H,3-8,13-16,19-20H2,1-2H3,(H,37,38)/t26-,28-/m0/s1. The zero-order chi connectivity index (χ0) is 27.1. The minimum Gasteiger partial charge on any atom is -0.493 e. The highest BCUT2D eigenvalue weighted by atomic mass is 19.1. The van der Waals surface area contributed by atoms with Gasteiger partial charge in [-0.15, -0.1) is 0 Å². The van der Waals surface area contributed by atoms with Crippen molar-refractivity contribution in [1.82, 2.24) is 14.4 Å². The smallest absolute Gasteiger partial charge is 0.335 e. The summed E-state index contributed by atoms with van der Waals surface area (Å²) in [6, 6.07) is 11.8. The lowest BCUT2D eigenvalue weighted by molar-refractivity contribution is 0.0697. The first-order valence-corrected chi connectivity index (χ1v) is 14.6. The first-order chi connectivity index (χ1) is 18.9. The van der Waals surface area contributed by atoms with E-state index in [0.717, 1.165) is 92.1 Å². The topological polar surface area (TPSA) is 57.9 Å². The fourth-order valence-electron chi connectivity index (χ4n) is 6.43. The van der Waals surface area contributed by atoms with Gasteiger partial charge < -0.3 is 19.3 Å². The van der Waals surface area contributed by atoms with Gasteiger partial charge >= 0.3 is 5.97 Å². The molecule has 39 heavy (non-hydrogen) atoms. The first kappa shape index (κ1) is 26.3. The predicted molar refractivity (Wildman–Crippen MR) is 152 cm³/mol. The second kappa shape index (κ2) is 10.9. The molecule has 1 aliphatic heterocycles. The van der Waals surface area contributed by atoms with Crippen LogP contribution in [0.3, 0.4) is 0 Å². The lowest BCUT2D eigenvalue weighted by Crippen LogP contribution is -2.35. The summed E-state index contributed by atoms with van der Waals surface area (Å²) in [4.78, 5) is 16.6. The molecule has 208 valence electrons. The van der Waals surface area contributed by atoms with E-state index >= 15 is 4.39 Å². The number of carbonyl (C=O) groups is 1. The molecular weight excluding hydrogens is 493 g/mol. The van der Waals surface area contributed by atoms with Crippen molar-refractivity contribution < 1.29 is 19.0 Å². The number of carboxylic acid groups (broad SMARTS) is 1. The van der Waals surface area contributed by atoms with Gasteiger partial charge in [-0.05, 0) is 87.2 Å². The number of likely N-dealkylation sites (N-methyl/N-ethyl adjacent to an activating group) is 1. The number of rotatable bonds is 8. The van der Waals surface area contributed by atoms with E-state index in [0.29, 0.717) is 12.3 Å². The van der Waals surface area contributed by atoms with Crippen molar-refractivity contribution in [1.29, 1.82) is 0 Å². The Morgan fingerprint density at radius 3 is 2.64 bits per heavy atom. The molecule has 3 aromatic rings. The Balaban J connectivity index is 1.53. The highest BCUT2D eigenvalue weighted by Gasteiger charge is 2.34. The third-order valence-corrected chi connectivity index (χ3v) is 8.81. The van der Waals surface area contributed by atoms with Crippen LogP contribution in [-0.4, -0.2) is 72.0 Å². The zero-order valence-electron chi connectivity index (χ0n) is 23.2. The van der Waals surface area contributed by atoms with Crippen LogP contribution in [0.2, 0.25) is 0 Å². The molecule has 0 saturated heterocycles. The van der Waals surface area contributed by atoms with Gasteiger partial charge in [0, 0.05) is 55.1 Å². The summed E-state index contributed by atoms with van der Waals surface area (Å²) in [5.74, 6) is 0.448. The molecule has 0 spiro atoms. The molecule has 2 aromatic carbocycles. The van der Waals surface area contributed by atoms with Crippen molar-refractivity contribution in [3.8, 4) is 17.0 Å². The Bertz CT molecular complexity index is 1360. The number of hydrogen-bond donors (Lipinski definition) is 1. The van der Waals surface area contributed by atoms with Crippen LogP contribution in [0.1, 0.15) is 65.9 Å². The number of aromatic carboxylic acids is 1. The quantitative estimate of drug-likeness (QED) is 0.375. The average molecular weight is 534 g/mol. The van der Waals surface area contributed by atoms with E-state index in [1.807, 2.05) is 6.07 Å². The van der Waals surface area contributed by atoms with Crippen LogP contribution >= 0.6 is 0 Å². The molecule has 6 rings (SSSR count). The van der Waals surface area contributed by atoms with Crippen LogP contribution in [0.4, 0.5) is 4.39 Å². The third-order valence-electron chi connectivity index (χ3n) is 8.81. The number of hydrogen-bond acceptors (Lipinski definition) is 4. The Morgan fingerprint density at radius 2 is 1.90 bits per heavy atom. The number of nitrogens with zero attached hydrogens (tertiary/aromatic N) is 3. The molecule has 2 saturated carbocycles. The number of aromatic nitrogens is 1. The maximum absolute atomic E-state index is 15.6. The third kappa shape index (κ3) is 5.44. The minimum atomic E-state index is -0.939. The SMILES string of the molecule is CN(C)CCN1CCn2c(c([C@H]3CCCC[C@@H]3F)c3ccc(C(=O)O)cc32)-c2ccc(OCC3CC3)cc2C1. The molecule has 2 aliphatic carbocycles. The van der Waals surface area contributed by atoms with Crippen LogP contribution in [0, 0.1) is 5.92 Å². The van der Waals surface area contributed by atoms with Gasteiger partial charge in [0.05, 0.1) is 17.9 Å². The highest BCUT2D eigenvalue weighted by molar-refractivity contribution is 5.98. The monoisotopic (exact) mass is 533 g/mol. The Morgan fingerprint density at radius 1 is 1.08 bits per heavy atom. The lowest BCUT2D eigenvalue weighted by atomic mass is 9.80. The maximum atomic E-state index is 15.6. The van der Waals surface area contributed by atoms with Crippen molar-refractivity contribution in [2.75, 3.05) is 40.3 Å². The molecule has 3 aliphatic rings. The second-order valence-corrected chi connectivity index (χ2v) is 12.0. The van der Waals surface area contributed by atoms with E-state index in [1.165, 1.54) is 18.4 Å². The summed E-state index contributed by atoms with van der Waals surface area (Å²) in [6.07, 6.45) is 4.95. The fraction of sp³-hybridized carbons (Fsp3) is 0.531. The van der Waals surface area contributed by atoms with E-state index < -0.39 is 12.1 Å². The molecule has 2 atom stereocenters. The van der Waals surface area contributed by atoms with Gasteiger partial charge in [-0.1, -0.05) is 18.9 Å². The van der Waals surface area contributed by atoms with Gasteiger partial charge in [-0.3, -0.25) is 4.90 Å². The lowest BCUT2D eigenvalue weighted by Gasteiger charge is -2.31. The van der Waals surface area contributed by atoms with Crippen LogP contribution in [0.25, 0.3) is 22.2 Å². The first-order valence-electron chi connectivity index (χ1n) is 14.6. The molecule has 6 nitrogen and oxygen atoms in total. The average Bonchev–Trinajstić information content (AvgIpc) is 3.69. The minimum absolute atomic E-state index is 0.184. The molecule has 1 N–H and O–H groups in total. The molecule has 0 bridgehead atoms. The van der Waals surface area contributed by atoms with E-state index in [-0.39, 0.29) is 11.5 Å². The maximum Gasteiger partial charge on any atom is 0.335 e. The number of carboxylic acids is 1. The number of ether oxygens (including phenoxy) is 1. The van der Waals surface area contributed by atoms with E-state index in [2.05, 4.69) is 46.7 Å². The summed E-state index contributed by atoms with van der Waals surface area (Å²) in [6.45, 7) is 5.00. The molecule has 1 aromatic heterocycles. The van der Waals surface area contributed by atoms with Gasteiger partial charge in [0.1, 0.15) is 11.9 Å². The largest absolute Gasteiger partial charge is 0.493 e. The summed E-state index contributed by atoms with van der Waals surface area (Å²) in [5.41, 5.74) is 5.60. The number of halogens is 1. The van der Waals surface area contributed by atoms with Crippen LogP contribution in [0.15, 0.2) is 36.4 Å². The Kier molecular flexibility index (Phi) is 7.38. The van der Waals surface area contributed by atoms with Gasteiger partial charge in [-0.25, -0.2) is 9.18 Å². The van der Waals surface area contributed by atoms with Crippen molar-refractivity contribution in [3.63, 3.8) is 0 Å². The summed E-state index contributed by atoms with van der Waals surface area (Å²) in [5, 5.41) is 10.8.